The first kappa shape index (κ1) is 28.6. The Hall–Kier alpha value is -1.62. The molecule has 0 amide bonds. The smallest absolute Gasteiger partial charge is 0.127 e. The highest BCUT2D eigenvalue weighted by atomic mass is 16.6. The SMILES string of the molecule is CCCCCCCCCCCCC(COCCOCCOCC)Oc1cccc2ccccc12. The summed E-state index contributed by atoms with van der Waals surface area (Å²) in [6.07, 6.45) is 14.5. The van der Waals surface area contributed by atoms with E-state index in [0.29, 0.717) is 33.0 Å². The minimum atomic E-state index is 0.0586. The predicted molar refractivity (Wildman–Crippen MR) is 143 cm³/mol. The largest absolute Gasteiger partial charge is 0.487 e. The average molecular weight is 473 g/mol. The predicted octanol–water partition coefficient (Wildman–Crippen LogP) is 7.97. The fourth-order valence-corrected chi connectivity index (χ4v) is 4.21. The van der Waals surface area contributed by atoms with Gasteiger partial charge in [-0.3, -0.25) is 0 Å². The van der Waals surface area contributed by atoms with Crippen LogP contribution < -0.4 is 4.74 Å². The van der Waals surface area contributed by atoms with E-state index in [0.717, 1.165) is 24.2 Å². The Morgan fingerprint density at radius 3 is 1.97 bits per heavy atom. The first-order valence-corrected chi connectivity index (χ1v) is 13.7. The van der Waals surface area contributed by atoms with Crippen LogP contribution in [0.3, 0.4) is 0 Å². The maximum absolute atomic E-state index is 6.48. The lowest BCUT2D eigenvalue weighted by Crippen LogP contribution is -2.24. The molecule has 34 heavy (non-hydrogen) atoms. The van der Waals surface area contributed by atoms with Crippen molar-refractivity contribution in [3.8, 4) is 5.75 Å². The second kappa shape index (κ2) is 19.7. The quantitative estimate of drug-likeness (QED) is 0.163. The van der Waals surface area contributed by atoms with Gasteiger partial charge in [-0.05, 0) is 31.2 Å². The van der Waals surface area contributed by atoms with Gasteiger partial charge in [0.1, 0.15) is 11.9 Å². The first-order valence-electron chi connectivity index (χ1n) is 13.7. The fraction of sp³-hybridized carbons (Fsp3) is 0.667. The molecule has 0 saturated carbocycles. The van der Waals surface area contributed by atoms with Crippen LogP contribution in [0, 0.1) is 0 Å². The molecule has 0 aliphatic rings. The lowest BCUT2D eigenvalue weighted by atomic mass is 10.0. The van der Waals surface area contributed by atoms with Crippen molar-refractivity contribution in [2.45, 2.75) is 90.6 Å². The zero-order valence-electron chi connectivity index (χ0n) is 21.8. The Labute approximate surface area is 208 Å². The minimum Gasteiger partial charge on any atom is -0.487 e. The highest BCUT2D eigenvalue weighted by molar-refractivity contribution is 5.88. The zero-order chi connectivity index (χ0) is 24.1. The minimum absolute atomic E-state index is 0.0586. The molecule has 2 aromatic rings. The summed E-state index contributed by atoms with van der Waals surface area (Å²) in [5.74, 6) is 0.951. The summed E-state index contributed by atoms with van der Waals surface area (Å²) >= 11 is 0. The molecule has 0 radical (unpaired) electrons. The van der Waals surface area contributed by atoms with Crippen molar-refractivity contribution >= 4 is 10.8 Å². The van der Waals surface area contributed by atoms with E-state index in [9.17, 15) is 0 Å². The molecule has 0 bridgehead atoms. The molecule has 0 N–H and O–H groups in total. The van der Waals surface area contributed by atoms with Gasteiger partial charge in [-0.2, -0.15) is 0 Å². The standard InChI is InChI=1S/C30H48O4/c1-3-5-6-7-8-9-10-11-12-13-19-28(26-33-25-24-32-23-22-31-4-2)34-30-21-16-18-27-17-14-15-20-29(27)30/h14-18,20-21,28H,3-13,19,22-26H2,1-2H3. The van der Waals surface area contributed by atoms with Gasteiger partial charge in [0.15, 0.2) is 0 Å². The summed E-state index contributed by atoms with van der Waals surface area (Å²) in [5, 5.41) is 2.37. The summed E-state index contributed by atoms with van der Waals surface area (Å²) in [6.45, 7) is 8.02. The fourth-order valence-electron chi connectivity index (χ4n) is 4.21. The van der Waals surface area contributed by atoms with Crippen molar-refractivity contribution in [3.05, 3.63) is 42.5 Å². The molecule has 4 heteroatoms. The van der Waals surface area contributed by atoms with E-state index in [1.807, 2.05) is 6.92 Å². The molecule has 1 atom stereocenters. The van der Waals surface area contributed by atoms with Gasteiger partial charge in [-0.15, -0.1) is 0 Å². The van der Waals surface area contributed by atoms with E-state index in [1.54, 1.807) is 0 Å². The Balaban J connectivity index is 1.72. The molecule has 0 aliphatic carbocycles. The second-order valence-electron chi connectivity index (χ2n) is 9.07. The second-order valence-corrected chi connectivity index (χ2v) is 9.07. The average Bonchev–Trinajstić information content (AvgIpc) is 2.86. The molecule has 4 nitrogen and oxygen atoms in total. The number of hydrogen-bond donors (Lipinski definition) is 0. The summed E-state index contributed by atoms with van der Waals surface area (Å²) in [5.41, 5.74) is 0. The molecule has 0 spiro atoms. The van der Waals surface area contributed by atoms with Crippen LogP contribution in [-0.4, -0.2) is 45.7 Å². The molecule has 192 valence electrons. The maximum atomic E-state index is 6.48. The van der Waals surface area contributed by atoms with Crippen LogP contribution in [-0.2, 0) is 14.2 Å². The van der Waals surface area contributed by atoms with Crippen LogP contribution in [0.5, 0.6) is 5.75 Å². The van der Waals surface area contributed by atoms with Gasteiger partial charge in [0.2, 0.25) is 0 Å². The van der Waals surface area contributed by atoms with E-state index in [-0.39, 0.29) is 6.10 Å². The number of rotatable bonds is 22. The molecule has 0 saturated heterocycles. The van der Waals surface area contributed by atoms with E-state index >= 15 is 0 Å². The van der Waals surface area contributed by atoms with Gasteiger partial charge < -0.3 is 18.9 Å². The van der Waals surface area contributed by atoms with Gasteiger partial charge in [-0.1, -0.05) is 101 Å². The van der Waals surface area contributed by atoms with E-state index in [4.69, 9.17) is 18.9 Å². The molecule has 2 rings (SSSR count). The van der Waals surface area contributed by atoms with Crippen LogP contribution in [0.2, 0.25) is 0 Å². The molecule has 2 aromatic carbocycles. The third-order valence-corrected chi connectivity index (χ3v) is 6.17. The molecule has 0 fully saturated rings. The molecule has 0 heterocycles. The molecular formula is C30H48O4. The van der Waals surface area contributed by atoms with Gasteiger partial charge in [-0.25, -0.2) is 0 Å². The van der Waals surface area contributed by atoms with E-state index in [2.05, 4.69) is 49.4 Å². The van der Waals surface area contributed by atoms with Gasteiger partial charge in [0, 0.05) is 12.0 Å². The topological polar surface area (TPSA) is 36.9 Å². The zero-order valence-corrected chi connectivity index (χ0v) is 21.8. The summed E-state index contributed by atoms with van der Waals surface area (Å²) in [6, 6.07) is 14.7. The first-order chi connectivity index (χ1) is 16.8. The molecule has 0 aromatic heterocycles. The van der Waals surface area contributed by atoms with E-state index < -0.39 is 0 Å². The monoisotopic (exact) mass is 472 g/mol. The van der Waals surface area contributed by atoms with Crippen molar-refractivity contribution in [2.24, 2.45) is 0 Å². The van der Waals surface area contributed by atoms with E-state index in [1.165, 1.54) is 69.6 Å². The normalized spacial score (nSPS) is 12.3. The Morgan fingerprint density at radius 1 is 0.618 bits per heavy atom. The van der Waals surface area contributed by atoms with Crippen LogP contribution in [0.1, 0.15) is 84.5 Å². The number of fused-ring (bicyclic) bond motifs is 1. The van der Waals surface area contributed by atoms with Crippen LogP contribution >= 0.6 is 0 Å². The third kappa shape index (κ3) is 12.7. The Kier molecular flexibility index (Phi) is 16.5. The lowest BCUT2D eigenvalue weighted by Gasteiger charge is -2.20. The van der Waals surface area contributed by atoms with Crippen molar-refractivity contribution in [1.29, 1.82) is 0 Å². The number of unbranched alkanes of at least 4 members (excludes halogenated alkanes) is 9. The van der Waals surface area contributed by atoms with Crippen LogP contribution in [0.15, 0.2) is 42.5 Å². The van der Waals surface area contributed by atoms with Crippen LogP contribution in [0.25, 0.3) is 10.8 Å². The Morgan fingerprint density at radius 2 is 1.24 bits per heavy atom. The van der Waals surface area contributed by atoms with Gasteiger partial charge >= 0.3 is 0 Å². The van der Waals surface area contributed by atoms with Crippen molar-refractivity contribution in [3.63, 3.8) is 0 Å². The highest BCUT2D eigenvalue weighted by Gasteiger charge is 2.13. The Bertz CT molecular complexity index is 727. The van der Waals surface area contributed by atoms with Crippen molar-refractivity contribution in [1.82, 2.24) is 0 Å². The van der Waals surface area contributed by atoms with Gasteiger partial charge in [0.05, 0.1) is 33.0 Å². The third-order valence-electron chi connectivity index (χ3n) is 6.17. The lowest BCUT2D eigenvalue weighted by molar-refractivity contribution is -0.00489. The number of benzene rings is 2. The maximum Gasteiger partial charge on any atom is 0.127 e. The van der Waals surface area contributed by atoms with Crippen molar-refractivity contribution in [2.75, 3.05) is 39.6 Å². The molecule has 1 unspecified atom stereocenters. The summed E-state index contributed by atoms with van der Waals surface area (Å²) < 4.78 is 23.3. The van der Waals surface area contributed by atoms with Gasteiger partial charge in [0.25, 0.3) is 0 Å². The summed E-state index contributed by atoms with van der Waals surface area (Å²) in [7, 11) is 0. The molecule has 0 aliphatic heterocycles. The highest BCUT2D eigenvalue weighted by Crippen LogP contribution is 2.27. The number of hydrogen-bond acceptors (Lipinski definition) is 4. The summed E-state index contributed by atoms with van der Waals surface area (Å²) in [4.78, 5) is 0. The number of ether oxygens (including phenoxy) is 4. The molecular weight excluding hydrogens is 424 g/mol. The van der Waals surface area contributed by atoms with Crippen LogP contribution in [0.4, 0.5) is 0 Å². The van der Waals surface area contributed by atoms with Crippen molar-refractivity contribution < 1.29 is 18.9 Å².